The van der Waals surface area contributed by atoms with E-state index in [2.05, 4.69) is 45.0 Å². The maximum absolute atomic E-state index is 12.4. The Kier molecular flexibility index (Phi) is 11.1. The molecule has 5 nitrogen and oxygen atoms in total. The van der Waals surface area contributed by atoms with Gasteiger partial charge in [-0.3, -0.25) is 9.59 Å². The van der Waals surface area contributed by atoms with Gasteiger partial charge < -0.3 is 14.2 Å². The number of hydrogen-bond acceptors (Lipinski definition) is 5. The standard InChI is InChI=1S/C16H22Br2O5/c1-5-7-8-16(14(19)21-3,15(20)22-4)10-12(13(17)18)11-23-9-6-2/h5-6H,1-2,7-11H2,3-4H3. The molecule has 0 aliphatic heterocycles. The molecule has 0 saturated carbocycles. The molecule has 0 aromatic carbocycles. The van der Waals surface area contributed by atoms with E-state index in [1.165, 1.54) is 14.2 Å². The molecule has 0 aliphatic carbocycles. The van der Waals surface area contributed by atoms with Crippen LogP contribution in [0.3, 0.4) is 0 Å². The summed E-state index contributed by atoms with van der Waals surface area (Å²) in [5, 5.41) is 0. The van der Waals surface area contributed by atoms with Crippen molar-refractivity contribution in [2.75, 3.05) is 27.4 Å². The molecule has 0 radical (unpaired) electrons. The number of carbonyl (C=O) groups is 2. The van der Waals surface area contributed by atoms with Crippen molar-refractivity contribution in [3.05, 3.63) is 34.3 Å². The van der Waals surface area contributed by atoms with E-state index in [1.807, 2.05) is 0 Å². The highest BCUT2D eigenvalue weighted by atomic mass is 79.9. The van der Waals surface area contributed by atoms with E-state index in [0.717, 1.165) is 0 Å². The Hall–Kier alpha value is -0.920. The van der Waals surface area contributed by atoms with Gasteiger partial charge in [0, 0.05) is 0 Å². The van der Waals surface area contributed by atoms with E-state index >= 15 is 0 Å². The number of methoxy groups -OCH3 is 2. The molecule has 0 bridgehead atoms. The maximum atomic E-state index is 12.4. The van der Waals surface area contributed by atoms with Crippen molar-refractivity contribution in [3.8, 4) is 0 Å². The van der Waals surface area contributed by atoms with Crippen LogP contribution in [0.15, 0.2) is 34.3 Å². The number of esters is 2. The van der Waals surface area contributed by atoms with Crippen molar-refractivity contribution in [1.82, 2.24) is 0 Å². The Morgan fingerprint density at radius 1 is 1.09 bits per heavy atom. The topological polar surface area (TPSA) is 61.8 Å². The first kappa shape index (κ1) is 22.1. The molecule has 0 spiro atoms. The number of ether oxygens (including phenoxy) is 3. The van der Waals surface area contributed by atoms with Crippen LogP contribution in [0.4, 0.5) is 0 Å². The summed E-state index contributed by atoms with van der Waals surface area (Å²) >= 11 is 6.64. The number of hydrogen-bond donors (Lipinski definition) is 0. The van der Waals surface area contributed by atoms with Crippen molar-refractivity contribution in [1.29, 1.82) is 0 Å². The lowest BCUT2D eigenvalue weighted by molar-refractivity contribution is -0.169. The van der Waals surface area contributed by atoms with Crippen LogP contribution in [-0.2, 0) is 23.8 Å². The van der Waals surface area contributed by atoms with Gasteiger partial charge in [0.2, 0.25) is 0 Å². The molecule has 0 N–H and O–H groups in total. The predicted molar refractivity (Wildman–Crippen MR) is 96.4 cm³/mol. The molecule has 0 fully saturated rings. The van der Waals surface area contributed by atoms with Crippen LogP contribution in [0, 0.1) is 5.41 Å². The molecule has 23 heavy (non-hydrogen) atoms. The van der Waals surface area contributed by atoms with E-state index in [1.54, 1.807) is 12.2 Å². The highest BCUT2D eigenvalue weighted by Crippen LogP contribution is 2.38. The molecule has 0 unspecified atom stereocenters. The fourth-order valence-electron chi connectivity index (χ4n) is 2.06. The van der Waals surface area contributed by atoms with E-state index in [9.17, 15) is 9.59 Å². The second kappa shape index (κ2) is 11.6. The van der Waals surface area contributed by atoms with Crippen LogP contribution < -0.4 is 0 Å². The second-order valence-electron chi connectivity index (χ2n) is 4.74. The third-order valence-electron chi connectivity index (χ3n) is 3.22. The van der Waals surface area contributed by atoms with Gasteiger partial charge in [-0.1, -0.05) is 12.2 Å². The molecule has 0 aromatic heterocycles. The average Bonchev–Trinajstić information content (AvgIpc) is 2.55. The fourth-order valence-corrected chi connectivity index (χ4v) is 2.57. The maximum Gasteiger partial charge on any atom is 0.323 e. The summed E-state index contributed by atoms with van der Waals surface area (Å²) in [7, 11) is 2.49. The molecule has 0 atom stereocenters. The quantitative estimate of drug-likeness (QED) is 0.205. The Balaban J connectivity index is 5.65. The average molecular weight is 454 g/mol. The molecular weight excluding hydrogens is 432 g/mol. The van der Waals surface area contributed by atoms with Crippen molar-refractivity contribution in [2.45, 2.75) is 19.3 Å². The van der Waals surface area contributed by atoms with Crippen LogP contribution in [0.2, 0.25) is 0 Å². The van der Waals surface area contributed by atoms with E-state index < -0.39 is 17.4 Å². The Morgan fingerprint density at radius 3 is 2.04 bits per heavy atom. The van der Waals surface area contributed by atoms with Crippen LogP contribution in [0.1, 0.15) is 19.3 Å². The van der Waals surface area contributed by atoms with Crippen molar-refractivity contribution in [2.24, 2.45) is 5.41 Å². The lowest BCUT2D eigenvalue weighted by Crippen LogP contribution is -2.42. The first-order valence-corrected chi connectivity index (χ1v) is 8.47. The van der Waals surface area contributed by atoms with Crippen molar-refractivity contribution in [3.63, 3.8) is 0 Å². The molecule has 0 saturated heterocycles. The Morgan fingerprint density at radius 2 is 1.65 bits per heavy atom. The van der Waals surface area contributed by atoms with Crippen LogP contribution in [-0.4, -0.2) is 39.4 Å². The Labute approximate surface area is 154 Å². The van der Waals surface area contributed by atoms with Gasteiger partial charge >= 0.3 is 11.9 Å². The normalized spacial score (nSPS) is 10.6. The largest absolute Gasteiger partial charge is 0.468 e. The molecule has 0 heterocycles. The Bertz CT molecular complexity index is 451. The lowest BCUT2D eigenvalue weighted by atomic mass is 9.77. The van der Waals surface area contributed by atoms with Gasteiger partial charge in [0.05, 0.1) is 30.8 Å². The highest BCUT2D eigenvalue weighted by molar-refractivity contribution is 9.28. The highest BCUT2D eigenvalue weighted by Gasteiger charge is 2.48. The SMILES string of the molecule is C=CCCC(CC(COCC=C)=C(Br)Br)(C(=O)OC)C(=O)OC. The fraction of sp³-hybridized carbons (Fsp3) is 0.500. The number of carbonyl (C=O) groups excluding carboxylic acids is 2. The number of rotatable bonds is 11. The molecule has 0 rings (SSSR count). The van der Waals surface area contributed by atoms with Crippen LogP contribution in [0.5, 0.6) is 0 Å². The summed E-state index contributed by atoms with van der Waals surface area (Å²) in [6.07, 6.45) is 4.05. The van der Waals surface area contributed by atoms with Crippen molar-refractivity contribution >= 4 is 43.8 Å². The van der Waals surface area contributed by atoms with E-state index in [0.29, 0.717) is 22.0 Å². The molecule has 0 aromatic rings. The second-order valence-corrected chi connectivity index (χ2v) is 7.39. The predicted octanol–water partition coefficient (Wildman–Crippen LogP) is 3.88. The third-order valence-corrected chi connectivity index (χ3v) is 4.34. The number of allylic oxidation sites excluding steroid dienone is 1. The van der Waals surface area contributed by atoms with Gasteiger partial charge in [-0.15, -0.1) is 13.2 Å². The van der Waals surface area contributed by atoms with Gasteiger partial charge in [-0.05, 0) is 56.7 Å². The number of halogens is 2. The summed E-state index contributed by atoms with van der Waals surface area (Å²) in [6.45, 7) is 7.79. The zero-order chi connectivity index (χ0) is 17.9. The van der Waals surface area contributed by atoms with Gasteiger partial charge in [0.15, 0.2) is 5.41 Å². The molecule has 130 valence electrons. The lowest BCUT2D eigenvalue weighted by Gasteiger charge is -2.29. The van der Waals surface area contributed by atoms with Crippen molar-refractivity contribution < 1.29 is 23.8 Å². The zero-order valence-corrected chi connectivity index (χ0v) is 16.6. The van der Waals surface area contributed by atoms with E-state index in [4.69, 9.17) is 14.2 Å². The van der Waals surface area contributed by atoms with Crippen LogP contribution >= 0.6 is 31.9 Å². The smallest absolute Gasteiger partial charge is 0.323 e. The minimum atomic E-state index is -1.45. The summed E-state index contributed by atoms with van der Waals surface area (Å²) in [5.41, 5.74) is -0.746. The van der Waals surface area contributed by atoms with Crippen LogP contribution in [0.25, 0.3) is 0 Å². The summed E-state index contributed by atoms with van der Waals surface area (Å²) in [4.78, 5) is 24.7. The summed E-state index contributed by atoms with van der Waals surface area (Å²) < 4.78 is 15.8. The minimum Gasteiger partial charge on any atom is -0.468 e. The van der Waals surface area contributed by atoms with Gasteiger partial charge in [-0.25, -0.2) is 0 Å². The first-order valence-electron chi connectivity index (χ1n) is 6.89. The summed E-state index contributed by atoms with van der Waals surface area (Å²) in [5.74, 6) is -1.29. The minimum absolute atomic E-state index is 0.100. The monoisotopic (exact) mass is 452 g/mol. The molecule has 0 aliphatic rings. The third kappa shape index (κ3) is 6.61. The first-order chi connectivity index (χ1) is 10.9. The van der Waals surface area contributed by atoms with Gasteiger partial charge in [0.1, 0.15) is 0 Å². The van der Waals surface area contributed by atoms with Gasteiger partial charge in [0.25, 0.3) is 0 Å². The molecule has 0 amide bonds. The molecular formula is C16H22Br2O5. The van der Waals surface area contributed by atoms with E-state index in [-0.39, 0.29) is 19.4 Å². The zero-order valence-electron chi connectivity index (χ0n) is 13.4. The molecule has 7 heteroatoms. The van der Waals surface area contributed by atoms with Gasteiger partial charge in [-0.2, -0.15) is 0 Å². The summed E-state index contributed by atoms with van der Waals surface area (Å²) in [6, 6.07) is 0.